The lowest BCUT2D eigenvalue weighted by Gasteiger charge is -2.10. The second-order valence-corrected chi connectivity index (χ2v) is 4.51. The van der Waals surface area contributed by atoms with Crippen LogP contribution in [0, 0.1) is 17.5 Å². The van der Waals surface area contributed by atoms with Crippen molar-refractivity contribution >= 4 is 0 Å². The second-order valence-electron chi connectivity index (χ2n) is 4.51. The average Bonchev–Trinajstić information content (AvgIpc) is 3.01. The van der Waals surface area contributed by atoms with Crippen molar-refractivity contribution in [3.05, 3.63) is 65.6 Å². The Morgan fingerprint density at radius 3 is 2.68 bits per heavy atom. The van der Waals surface area contributed by atoms with Crippen molar-refractivity contribution in [2.45, 2.75) is 6.61 Å². The third-order valence-corrected chi connectivity index (χ3v) is 3.01. The normalized spacial score (nSPS) is 10.7. The minimum atomic E-state index is -0.884. The molecule has 0 saturated carbocycles. The van der Waals surface area contributed by atoms with E-state index in [1.807, 2.05) is 0 Å². The summed E-state index contributed by atoms with van der Waals surface area (Å²) in [7, 11) is 0. The lowest BCUT2D eigenvalue weighted by Crippen LogP contribution is -2.00. The highest BCUT2D eigenvalue weighted by atomic mass is 19.1. The van der Waals surface area contributed by atoms with E-state index in [0.717, 1.165) is 6.07 Å². The molecule has 0 atom stereocenters. The number of aromatic amines is 1. The van der Waals surface area contributed by atoms with Crippen molar-refractivity contribution in [2.24, 2.45) is 0 Å². The number of benzene rings is 2. The Morgan fingerprint density at radius 2 is 1.95 bits per heavy atom. The highest BCUT2D eigenvalue weighted by Crippen LogP contribution is 2.30. The van der Waals surface area contributed by atoms with Crippen molar-refractivity contribution in [3.63, 3.8) is 0 Å². The number of H-pyrrole nitrogens is 1. The molecular formula is C15H10F3N3O. The highest BCUT2D eigenvalue weighted by molar-refractivity contribution is 5.62. The monoisotopic (exact) mass is 305 g/mol. The van der Waals surface area contributed by atoms with Crippen molar-refractivity contribution in [1.29, 1.82) is 0 Å². The van der Waals surface area contributed by atoms with Gasteiger partial charge in [-0.05, 0) is 29.8 Å². The lowest BCUT2D eigenvalue weighted by molar-refractivity contribution is 0.289. The molecule has 0 bridgehead atoms. The SMILES string of the molecule is Fc1cccc(COc2ccc(F)c(-c3cn[nH]n3)c2F)c1. The lowest BCUT2D eigenvalue weighted by atomic mass is 10.1. The zero-order valence-electron chi connectivity index (χ0n) is 11.2. The number of hydrogen-bond acceptors (Lipinski definition) is 3. The van der Waals surface area contributed by atoms with E-state index >= 15 is 0 Å². The third-order valence-electron chi connectivity index (χ3n) is 3.01. The van der Waals surface area contributed by atoms with Crippen LogP contribution in [0.1, 0.15) is 5.56 Å². The zero-order chi connectivity index (χ0) is 15.5. The van der Waals surface area contributed by atoms with E-state index in [9.17, 15) is 13.2 Å². The average molecular weight is 305 g/mol. The Balaban J connectivity index is 1.87. The number of nitrogens with zero attached hydrogens (tertiary/aromatic N) is 2. The number of rotatable bonds is 4. The summed E-state index contributed by atoms with van der Waals surface area (Å²) in [5.41, 5.74) is 0.239. The van der Waals surface area contributed by atoms with E-state index in [0.29, 0.717) is 5.56 Å². The first-order valence-electron chi connectivity index (χ1n) is 6.36. The van der Waals surface area contributed by atoms with Gasteiger partial charge < -0.3 is 4.74 Å². The van der Waals surface area contributed by atoms with Gasteiger partial charge in [0, 0.05) is 0 Å². The Morgan fingerprint density at radius 1 is 1.09 bits per heavy atom. The van der Waals surface area contributed by atoms with Gasteiger partial charge >= 0.3 is 0 Å². The van der Waals surface area contributed by atoms with E-state index in [2.05, 4.69) is 15.4 Å². The van der Waals surface area contributed by atoms with E-state index < -0.39 is 17.5 Å². The summed E-state index contributed by atoms with van der Waals surface area (Å²) in [5, 5.41) is 9.47. The first kappa shape index (κ1) is 14.1. The van der Waals surface area contributed by atoms with Gasteiger partial charge in [0.05, 0.1) is 11.8 Å². The summed E-state index contributed by atoms with van der Waals surface area (Å²) >= 11 is 0. The zero-order valence-corrected chi connectivity index (χ0v) is 11.2. The van der Waals surface area contributed by atoms with Crippen LogP contribution in [-0.2, 0) is 6.61 Å². The molecule has 0 aliphatic heterocycles. The van der Waals surface area contributed by atoms with Crippen LogP contribution in [0.5, 0.6) is 5.75 Å². The van der Waals surface area contributed by atoms with Gasteiger partial charge in [0.1, 0.15) is 23.9 Å². The predicted molar refractivity (Wildman–Crippen MR) is 72.5 cm³/mol. The van der Waals surface area contributed by atoms with Gasteiger partial charge in [-0.2, -0.15) is 15.4 Å². The fourth-order valence-corrected chi connectivity index (χ4v) is 1.99. The molecule has 22 heavy (non-hydrogen) atoms. The van der Waals surface area contributed by atoms with Crippen LogP contribution in [0.4, 0.5) is 13.2 Å². The van der Waals surface area contributed by atoms with Crippen LogP contribution in [0.15, 0.2) is 42.6 Å². The number of aromatic nitrogens is 3. The molecule has 2 aromatic carbocycles. The number of hydrogen-bond donors (Lipinski definition) is 1. The molecule has 0 aliphatic carbocycles. The van der Waals surface area contributed by atoms with E-state index in [1.54, 1.807) is 6.07 Å². The maximum atomic E-state index is 14.4. The first-order valence-corrected chi connectivity index (χ1v) is 6.36. The molecule has 1 N–H and O–H groups in total. The molecule has 3 aromatic rings. The van der Waals surface area contributed by atoms with Crippen molar-refractivity contribution < 1.29 is 17.9 Å². The van der Waals surface area contributed by atoms with Crippen LogP contribution in [-0.4, -0.2) is 15.4 Å². The number of ether oxygens (including phenoxy) is 1. The second kappa shape index (κ2) is 5.88. The van der Waals surface area contributed by atoms with Gasteiger partial charge in [-0.3, -0.25) is 0 Å². The highest BCUT2D eigenvalue weighted by Gasteiger charge is 2.18. The molecule has 0 fully saturated rings. The van der Waals surface area contributed by atoms with Crippen molar-refractivity contribution in [3.8, 4) is 17.0 Å². The van der Waals surface area contributed by atoms with Gasteiger partial charge in [-0.25, -0.2) is 13.2 Å². The van der Waals surface area contributed by atoms with Gasteiger partial charge in [-0.1, -0.05) is 12.1 Å². The topological polar surface area (TPSA) is 50.8 Å². The van der Waals surface area contributed by atoms with Crippen LogP contribution >= 0.6 is 0 Å². The van der Waals surface area contributed by atoms with Crippen LogP contribution < -0.4 is 4.74 Å². The molecule has 0 aliphatic rings. The molecule has 0 spiro atoms. The molecule has 112 valence electrons. The Hall–Kier alpha value is -2.83. The van der Waals surface area contributed by atoms with Crippen molar-refractivity contribution in [2.75, 3.05) is 0 Å². The Labute approximate surface area is 123 Å². The molecule has 0 unspecified atom stereocenters. The molecule has 3 rings (SSSR count). The molecule has 1 aromatic heterocycles. The van der Waals surface area contributed by atoms with Crippen LogP contribution in [0.3, 0.4) is 0 Å². The predicted octanol–water partition coefficient (Wildman–Crippen LogP) is 3.47. The molecule has 0 saturated heterocycles. The molecular weight excluding hydrogens is 295 g/mol. The number of nitrogens with one attached hydrogen (secondary N) is 1. The molecule has 7 heteroatoms. The number of halogens is 3. The first-order chi connectivity index (χ1) is 10.6. The molecule has 0 amide bonds. The molecule has 4 nitrogen and oxygen atoms in total. The van der Waals surface area contributed by atoms with E-state index in [1.165, 1.54) is 30.5 Å². The maximum absolute atomic E-state index is 14.4. The van der Waals surface area contributed by atoms with Crippen LogP contribution in [0.2, 0.25) is 0 Å². The summed E-state index contributed by atoms with van der Waals surface area (Å²) in [6.07, 6.45) is 1.21. The quantitative estimate of drug-likeness (QED) is 0.803. The van der Waals surface area contributed by atoms with Crippen molar-refractivity contribution in [1.82, 2.24) is 15.4 Å². The Kier molecular flexibility index (Phi) is 3.78. The van der Waals surface area contributed by atoms with Gasteiger partial charge in [0.15, 0.2) is 11.6 Å². The molecule has 1 heterocycles. The van der Waals surface area contributed by atoms with Gasteiger partial charge in [-0.15, -0.1) is 0 Å². The summed E-state index contributed by atoms with van der Waals surface area (Å²) in [4.78, 5) is 0. The smallest absolute Gasteiger partial charge is 0.177 e. The molecule has 0 radical (unpaired) electrons. The largest absolute Gasteiger partial charge is 0.486 e. The summed E-state index contributed by atoms with van der Waals surface area (Å²) in [6, 6.07) is 7.99. The fraction of sp³-hybridized carbons (Fsp3) is 0.0667. The van der Waals surface area contributed by atoms with Crippen LogP contribution in [0.25, 0.3) is 11.3 Å². The summed E-state index contributed by atoms with van der Waals surface area (Å²) in [5.74, 6) is -2.22. The minimum Gasteiger partial charge on any atom is -0.486 e. The summed E-state index contributed by atoms with van der Waals surface area (Å²) in [6.45, 7) is -0.0431. The van der Waals surface area contributed by atoms with Gasteiger partial charge in [0.25, 0.3) is 0 Å². The Bertz CT molecular complexity index is 791. The maximum Gasteiger partial charge on any atom is 0.177 e. The van der Waals surface area contributed by atoms with Gasteiger partial charge in [0.2, 0.25) is 0 Å². The van der Waals surface area contributed by atoms with E-state index in [-0.39, 0.29) is 23.6 Å². The fourth-order valence-electron chi connectivity index (χ4n) is 1.99. The third kappa shape index (κ3) is 2.78. The standard InChI is InChI=1S/C15H10F3N3O/c16-10-3-1-2-9(6-10)8-22-13-5-4-11(17)14(15(13)18)12-7-19-21-20-12/h1-7H,8H2,(H,19,20,21). The minimum absolute atomic E-state index is 0.0335. The summed E-state index contributed by atoms with van der Waals surface area (Å²) < 4.78 is 46.5. The van der Waals surface area contributed by atoms with E-state index in [4.69, 9.17) is 4.74 Å².